The summed E-state index contributed by atoms with van der Waals surface area (Å²) < 4.78 is 6.26. The number of hydrogen-bond acceptors (Lipinski definition) is 5. The number of nitro groups is 1. The third kappa shape index (κ3) is 5.78. The van der Waals surface area contributed by atoms with Crippen molar-refractivity contribution >= 4 is 39.3 Å². The van der Waals surface area contributed by atoms with E-state index in [2.05, 4.69) is 21.2 Å². The Bertz CT molecular complexity index is 842. The Morgan fingerprint density at radius 3 is 2.61 bits per heavy atom. The van der Waals surface area contributed by atoms with Gasteiger partial charge in [-0.15, -0.1) is 0 Å². The number of benzene rings is 2. The maximum Gasteiger partial charge on any atom is 0.284 e. The van der Waals surface area contributed by atoms with E-state index < -0.39 is 4.92 Å². The lowest BCUT2D eigenvalue weighted by molar-refractivity contribution is -0.906. The maximum absolute atomic E-state index is 12.4. The van der Waals surface area contributed by atoms with Crippen LogP contribution >= 0.6 is 27.7 Å². The summed E-state index contributed by atoms with van der Waals surface area (Å²) in [6.45, 7) is 4.69. The first-order valence-electron chi connectivity index (χ1n) is 8.94. The molecule has 0 radical (unpaired) electrons. The van der Waals surface area contributed by atoms with E-state index in [1.165, 1.54) is 22.7 Å². The molecular weight excluding hydrogens is 446 g/mol. The monoisotopic (exact) mass is 466 g/mol. The topological polar surface area (TPSA) is 85.9 Å². The summed E-state index contributed by atoms with van der Waals surface area (Å²) in [4.78, 5) is 26.2. The van der Waals surface area contributed by atoms with Crippen molar-refractivity contribution in [2.75, 3.05) is 39.4 Å². The van der Waals surface area contributed by atoms with E-state index in [1.807, 2.05) is 24.3 Å². The van der Waals surface area contributed by atoms with Gasteiger partial charge >= 0.3 is 0 Å². The van der Waals surface area contributed by atoms with Crippen LogP contribution in [0.5, 0.6) is 0 Å². The lowest BCUT2D eigenvalue weighted by atomic mass is 10.2. The molecule has 1 amide bonds. The number of rotatable bonds is 7. The third-order valence-electron chi connectivity index (χ3n) is 4.42. The summed E-state index contributed by atoms with van der Waals surface area (Å²) in [7, 11) is 0. The van der Waals surface area contributed by atoms with E-state index in [0.29, 0.717) is 17.0 Å². The van der Waals surface area contributed by atoms with Crippen LogP contribution in [0.1, 0.15) is 10.4 Å². The standard InChI is InChI=1S/C19H20BrN3O4S/c20-15-2-4-16(5-3-15)28-18-6-1-14(13-17(18)23(25)26)19(24)21-7-8-22-9-11-27-12-10-22/h1-6,13H,7-12H2,(H,21,24)/p+1. The van der Waals surface area contributed by atoms with Gasteiger partial charge in [0.05, 0.1) is 36.1 Å². The fourth-order valence-electron chi connectivity index (χ4n) is 2.88. The number of morpholine rings is 1. The summed E-state index contributed by atoms with van der Waals surface area (Å²) in [6.07, 6.45) is 0. The van der Waals surface area contributed by atoms with Crippen molar-refractivity contribution in [2.24, 2.45) is 0 Å². The Morgan fingerprint density at radius 1 is 1.21 bits per heavy atom. The van der Waals surface area contributed by atoms with E-state index >= 15 is 0 Å². The van der Waals surface area contributed by atoms with E-state index in [0.717, 1.165) is 42.2 Å². The molecule has 9 heteroatoms. The molecular formula is C19H21BrN3O4S+. The van der Waals surface area contributed by atoms with Crippen LogP contribution in [-0.2, 0) is 4.74 Å². The Morgan fingerprint density at radius 2 is 1.93 bits per heavy atom. The Hall–Kier alpha value is -1.94. The molecule has 1 aliphatic heterocycles. The predicted molar refractivity (Wildman–Crippen MR) is 110 cm³/mol. The highest BCUT2D eigenvalue weighted by molar-refractivity contribution is 9.10. The van der Waals surface area contributed by atoms with Crippen molar-refractivity contribution in [3.8, 4) is 0 Å². The summed E-state index contributed by atoms with van der Waals surface area (Å²) in [5.41, 5.74) is 0.225. The quantitative estimate of drug-likeness (QED) is 0.482. The molecule has 1 fully saturated rings. The number of carbonyl (C=O) groups is 1. The van der Waals surface area contributed by atoms with Gasteiger partial charge in [0.1, 0.15) is 13.1 Å². The number of halogens is 1. The molecule has 0 unspecified atom stereocenters. The summed E-state index contributed by atoms with van der Waals surface area (Å²) in [5, 5.41) is 14.4. The molecule has 2 aromatic carbocycles. The van der Waals surface area contributed by atoms with Gasteiger partial charge in [-0.25, -0.2) is 0 Å². The number of amides is 1. The van der Waals surface area contributed by atoms with Crippen molar-refractivity contribution < 1.29 is 19.4 Å². The van der Waals surface area contributed by atoms with E-state index in [9.17, 15) is 14.9 Å². The number of hydrogen-bond donors (Lipinski definition) is 2. The number of nitrogens with zero attached hydrogens (tertiary/aromatic N) is 1. The highest BCUT2D eigenvalue weighted by Gasteiger charge is 2.19. The first kappa shape index (κ1) is 20.8. The van der Waals surface area contributed by atoms with Gasteiger partial charge in [0.25, 0.3) is 11.6 Å². The van der Waals surface area contributed by atoms with Gasteiger partial charge in [0.2, 0.25) is 0 Å². The smallest absolute Gasteiger partial charge is 0.284 e. The molecule has 2 aromatic rings. The molecule has 3 rings (SSSR count). The van der Waals surface area contributed by atoms with Gasteiger partial charge in [-0.3, -0.25) is 14.9 Å². The van der Waals surface area contributed by atoms with Crippen LogP contribution < -0.4 is 10.2 Å². The van der Waals surface area contributed by atoms with Crippen LogP contribution in [0.2, 0.25) is 0 Å². The fourth-order valence-corrected chi connectivity index (χ4v) is 4.05. The summed E-state index contributed by atoms with van der Waals surface area (Å²) in [6, 6.07) is 12.1. The molecule has 28 heavy (non-hydrogen) atoms. The minimum atomic E-state index is -0.449. The largest absolute Gasteiger partial charge is 0.370 e. The van der Waals surface area contributed by atoms with Crippen LogP contribution in [0.4, 0.5) is 5.69 Å². The Labute approximate surface area is 175 Å². The number of nitrogens with one attached hydrogen (secondary N) is 2. The zero-order chi connectivity index (χ0) is 19.9. The van der Waals surface area contributed by atoms with Gasteiger partial charge in [-0.05, 0) is 36.4 Å². The minimum absolute atomic E-state index is 0.0700. The molecule has 0 saturated carbocycles. The van der Waals surface area contributed by atoms with Crippen molar-refractivity contribution in [2.45, 2.75) is 9.79 Å². The SMILES string of the molecule is O=C(NCC[NH+]1CCOCC1)c1ccc(Sc2ccc(Br)cc2)c([N+](=O)[O-])c1. The van der Waals surface area contributed by atoms with Gasteiger partial charge in [-0.2, -0.15) is 0 Å². The molecule has 0 aromatic heterocycles. The zero-order valence-corrected chi connectivity index (χ0v) is 17.6. The molecule has 0 bridgehead atoms. The third-order valence-corrected chi connectivity index (χ3v) is 6.02. The first-order chi connectivity index (χ1) is 13.5. The van der Waals surface area contributed by atoms with E-state index in [4.69, 9.17) is 4.74 Å². The number of quaternary nitrogens is 1. The molecule has 0 spiro atoms. The second-order valence-corrected chi connectivity index (χ2v) is 8.39. The van der Waals surface area contributed by atoms with Crippen molar-refractivity contribution in [3.63, 3.8) is 0 Å². The molecule has 0 aliphatic carbocycles. The van der Waals surface area contributed by atoms with Gasteiger partial charge < -0.3 is 15.0 Å². The summed E-state index contributed by atoms with van der Waals surface area (Å²) in [5.74, 6) is -0.295. The lowest BCUT2D eigenvalue weighted by Crippen LogP contribution is -3.14. The second kappa shape index (κ2) is 10.0. The minimum Gasteiger partial charge on any atom is -0.370 e. The number of nitro benzene ring substituents is 1. The molecule has 0 atom stereocenters. The summed E-state index contributed by atoms with van der Waals surface area (Å²) >= 11 is 4.67. The van der Waals surface area contributed by atoms with Gasteiger partial charge in [0.15, 0.2) is 0 Å². The Kier molecular flexibility index (Phi) is 7.43. The average molecular weight is 467 g/mol. The fraction of sp³-hybridized carbons (Fsp3) is 0.316. The molecule has 1 heterocycles. The zero-order valence-electron chi connectivity index (χ0n) is 15.2. The molecule has 148 valence electrons. The van der Waals surface area contributed by atoms with Crippen molar-refractivity contribution in [1.29, 1.82) is 0 Å². The van der Waals surface area contributed by atoms with Crippen LogP contribution in [0.15, 0.2) is 56.7 Å². The van der Waals surface area contributed by atoms with E-state index in [-0.39, 0.29) is 11.6 Å². The molecule has 1 saturated heterocycles. The second-order valence-electron chi connectivity index (χ2n) is 6.36. The highest BCUT2D eigenvalue weighted by atomic mass is 79.9. The molecule has 1 aliphatic rings. The molecule has 2 N–H and O–H groups in total. The predicted octanol–water partition coefficient (Wildman–Crippen LogP) is 2.15. The van der Waals surface area contributed by atoms with Crippen LogP contribution in [0.3, 0.4) is 0 Å². The van der Waals surface area contributed by atoms with Gasteiger partial charge in [0, 0.05) is 21.0 Å². The van der Waals surface area contributed by atoms with Crippen LogP contribution in [0.25, 0.3) is 0 Å². The van der Waals surface area contributed by atoms with Gasteiger partial charge in [-0.1, -0.05) is 27.7 Å². The lowest BCUT2D eigenvalue weighted by Gasteiger charge is -2.23. The first-order valence-corrected chi connectivity index (χ1v) is 10.6. The van der Waals surface area contributed by atoms with Crippen LogP contribution in [0, 0.1) is 10.1 Å². The van der Waals surface area contributed by atoms with Crippen LogP contribution in [-0.4, -0.2) is 50.2 Å². The van der Waals surface area contributed by atoms with E-state index in [1.54, 1.807) is 12.1 Å². The number of carbonyl (C=O) groups excluding carboxylic acids is 1. The van der Waals surface area contributed by atoms with Crippen molar-refractivity contribution in [1.82, 2.24) is 5.32 Å². The normalized spacial score (nSPS) is 14.6. The number of ether oxygens (including phenoxy) is 1. The molecule has 7 nitrogen and oxygen atoms in total. The average Bonchev–Trinajstić information content (AvgIpc) is 2.70. The maximum atomic E-state index is 12.4. The van der Waals surface area contributed by atoms with Crippen molar-refractivity contribution in [3.05, 3.63) is 62.6 Å². The Balaban J connectivity index is 1.64. The highest BCUT2D eigenvalue weighted by Crippen LogP contribution is 2.35.